The summed E-state index contributed by atoms with van der Waals surface area (Å²) >= 11 is 0. The van der Waals surface area contributed by atoms with Crippen LogP contribution in [0.25, 0.3) is 0 Å². The number of hydrogen-bond acceptors (Lipinski definition) is 1. The highest BCUT2D eigenvalue weighted by Gasteiger charge is 1.97. The molecule has 0 aliphatic heterocycles. The summed E-state index contributed by atoms with van der Waals surface area (Å²) in [6.45, 7) is 9.48. The number of hydrogen-bond donors (Lipinski definition) is 1. The van der Waals surface area contributed by atoms with Crippen LogP contribution in [0.4, 0.5) is 0 Å². The SMILES string of the molecule is C=CCCP(C)NCCCCC. The Labute approximate surface area is 78.4 Å². The largest absolute Gasteiger partial charge is 0.296 e. The molecule has 1 nitrogen and oxygen atoms in total. The van der Waals surface area contributed by atoms with Gasteiger partial charge < -0.3 is 0 Å². The lowest BCUT2D eigenvalue weighted by atomic mass is 10.3. The van der Waals surface area contributed by atoms with E-state index in [4.69, 9.17) is 0 Å². The van der Waals surface area contributed by atoms with Gasteiger partial charge in [0.1, 0.15) is 0 Å². The van der Waals surface area contributed by atoms with Crippen LogP contribution >= 0.6 is 8.07 Å². The Hall–Kier alpha value is 0.130. The van der Waals surface area contributed by atoms with Gasteiger partial charge in [-0.1, -0.05) is 25.8 Å². The number of allylic oxidation sites excluding steroid dienone is 1. The minimum Gasteiger partial charge on any atom is -0.296 e. The zero-order valence-electron chi connectivity index (χ0n) is 8.47. The predicted octanol–water partition coefficient (Wildman–Crippen LogP) is 3.37. The lowest BCUT2D eigenvalue weighted by Gasteiger charge is -2.12. The van der Waals surface area contributed by atoms with E-state index in [2.05, 4.69) is 25.3 Å². The highest BCUT2D eigenvalue weighted by molar-refractivity contribution is 7.54. The van der Waals surface area contributed by atoms with Gasteiger partial charge in [-0.3, -0.25) is 5.09 Å². The van der Waals surface area contributed by atoms with E-state index in [1.54, 1.807) is 0 Å². The first-order valence-electron chi connectivity index (χ1n) is 4.86. The van der Waals surface area contributed by atoms with Crippen LogP contribution in [0.15, 0.2) is 12.7 Å². The van der Waals surface area contributed by atoms with Gasteiger partial charge in [-0.2, -0.15) is 0 Å². The van der Waals surface area contributed by atoms with Gasteiger partial charge in [0.2, 0.25) is 0 Å². The monoisotopic (exact) mass is 187 g/mol. The molecule has 1 N–H and O–H groups in total. The van der Waals surface area contributed by atoms with Gasteiger partial charge in [0.05, 0.1) is 0 Å². The van der Waals surface area contributed by atoms with E-state index in [0.717, 1.165) is 6.42 Å². The van der Waals surface area contributed by atoms with Gasteiger partial charge in [0, 0.05) is 0 Å². The van der Waals surface area contributed by atoms with Crippen LogP contribution in [0.1, 0.15) is 32.6 Å². The zero-order valence-corrected chi connectivity index (χ0v) is 9.37. The average Bonchev–Trinajstić information content (AvgIpc) is 2.09. The Balaban J connectivity index is 3.07. The number of nitrogens with one attached hydrogen (secondary N) is 1. The van der Waals surface area contributed by atoms with Crippen molar-refractivity contribution in [2.45, 2.75) is 32.6 Å². The molecule has 0 aromatic carbocycles. The zero-order chi connectivity index (χ0) is 9.23. The van der Waals surface area contributed by atoms with Crippen molar-refractivity contribution in [3.63, 3.8) is 0 Å². The summed E-state index contributed by atoms with van der Waals surface area (Å²) in [6, 6.07) is 0. The normalized spacial score (nSPS) is 12.8. The van der Waals surface area contributed by atoms with Crippen molar-refractivity contribution in [3.05, 3.63) is 12.7 Å². The molecule has 0 amide bonds. The molecule has 12 heavy (non-hydrogen) atoms. The van der Waals surface area contributed by atoms with Gasteiger partial charge in [0.25, 0.3) is 0 Å². The molecule has 0 heterocycles. The summed E-state index contributed by atoms with van der Waals surface area (Å²) < 4.78 is 0. The van der Waals surface area contributed by atoms with E-state index in [-0.39, 0.29) is 8.07 Å². The molecule has 1 atom stereocenters. The van der Waals surface area contributed by atoms with Gasteiger partial charge in [0.15, 0.2) is 0 Å². The summed E-state index contributed by atoms with van der Waals surface area (Å²) in [5.74, 6) is 0. The smallest absolute Gasteiger partial charge is 0.00100 e. The van der Waals surface area contributed by atoms with E-state index in [1.807, 2.05) is 6.08 Å². The fourth-order valence-electron chi connectivity index (χ4n) is 1.01. The molecular weight excluding hydrogens is 165 g/mol. The Morgan fingerprint density at radius 2 is 2.17 bits per heavy atom. The van der Waals surface area contributed by atoms with Crippen LogP contribution in [-0.4, -0.2) is 19.4 Å². The Morgan fingerprint density at radius 1 is 1.42 bits per heavy atom. The lowest BCUT2D eigenvalue weighted by molar-refractivity contribution is 0.705. The Kier molecular flexibility index (Phi) is 9.32. The summed E-state index contributed by atoms with van der Waals surface area (Å²) in [4.78, 5) is 0. The molecule has 1 unspecified atom stereocenters. The van der Waals surface area contributed by atoms with E-state index < -0.39 is 0 Å². The van der Waals surface area contributed by atoms with Crippen LogP contribution in [-0.2, 0) is 0 Å². The van der Waals surface area contributed by atoms with E-state index in [9.17, 15) is 0 Å². The van der Waals surface area contributed by atoms with Gasteiger partial charge in [-0.15, -0.1) is 6.58 Å². The van der Waals surface area contributed by atoms with E-state index in [0.29, 0.717) is 0 Å². The second-order valence-corrected chi connectivity index (χ2v) is 5.27. The van der Waals surface area contributed by atoms with Crippen molar-refractivity contribution in [2.24, 2.45) is 0 Å². The molecule has 0 aromatic rings. The second kappa shape index (κ2) is 9.22. The molecule has 0 spiro atoms. The molecule has 0 radical (unpaired) electrons. The molecule has 0 fully saturated rings. The minimum absolute atomic E-state index is 0.0757. The molecule has 0 aliphatic carbocycles. The summed E-state index contributed by atoms with van der Waals surface area (Å²) in [6.07, 6.45) is 8.45. The molecule has 72 valence electrons. The van der Waals surface area contributed by atoms with Crippen LogP contribution in [0, 0.1) is 0 Å². The summed E-state index contributed by atoms with van der Waals surface area (Å²) in [5.41, 5.74) is 0. The molecule has 0 aliphatic rings. The van der Waals surface area contributed by atoms with Crippen LogP contribution in [0.5, 0.6) is 0 Å². The maximum atomic E-state index is 3.72. The van der Waals surface area contributed by atoms with Gasteiger partial charge in [-0.05, 0) is 40.3 Å². The lowest BCUT2D eigenvalue weighted by Crippen LogP contribution is -2.09. The maximum Gasteiger partial charge on any atom is -0.00100 e. The van der Waals surface area contributed by atoms with Crippen molar-refractivity contribution in [3.8, 4) is 0 Å². The topological polar surface area (TPSA) is 12.0 Å². The number of rotatable bonds is 8. The molecule has 0 rings (SSSR count). The van der Waals surface area contributed by atoms with Crippen molar-refractivity contribution in [2.75, 3.05) is 19.4 Å². The Bertz CT molecular complexity index is 104. The number of unbranched alkanes of at least 4 members (excludes halogenated alkanes) is 2. The van der Waals surface area contributed by atoms with Gasteiger partial charge in [-0.25, -0.2) is 0 Å². The molecule has 2 heteroatoms. The summed E-state index contributed by atoms with van der Waals surface area (Å²) in [5, 5.41) is 3.57. The van der Waals surface area contributed by atoms with Crippen LogP contribution < -0.4 is 5.09 Å². The van der Waals surface area contributed by atoms with Gasteiger partial charge >= 0.3 is 0 Å². The van der Waals surface area contributed by atoms with Crippen LogP contribution in [0.3, 0.4) is 0 Å². The molecule has 0 aromatic heterocycles. The maximum absolute atomic E-state index is 3.72. The van der Waals surface area contributed by atoms with E-state index >= 15 is 0 Å². The molecule has 0 saturated carbocycles. The highest BCUT2D eigenvalue weighted by atomic mass is 31.1. The predicted molar refractivity (Wildman–Crippen MR) is 60.1 cm³/mol. The van der Waals surface area contributed by atoms with Crippen molar-refractivity contribution in [1.82, 2.24) is 5.09 Å². The average molecular weight is 187 g/mol. The third kappa shape index (κ3) is 8.23. The fourth-order valence-corrected chi connectivity index (χ4v) is 2.28. The first-order valence-corrected chi connectivity index (χ1v) is 6.84. The quantitative estimate of drug-likeness (QED) is 0.349. The first kappa shape index (κ1) is 12.1. The molecular formula is C10H22NP. The molecule has 0 bridgehead atoms. The van der Waals surface area contributed by atoms with Crippen molar-refractivity contribution >= 4 is 8.07 Å². The third-order valence-electron chi connectivity index (χ3n) is 1.83. The molecule has 0 saturated heterocycles. The standard InChI is InChI=1S/C10H22NP/c1-4-6-8-9-11-12(3)10-7-5-2/h5,11H,2,4,6-10H2,1,3H3. The third-order valence-corrected chi connectivity index (χ3v) is 3.52. The summed E-state index contributed by atoms with van der Waals surface area (Å²) in [7, 11) is 0.0757. The second-order valence-electron chi connectivity index (χ2n) is 3.11. The fraction of sp³-hybridized carbons (Fsp3) is 0.800. The Morgan fingerprint density at radius 3 is 2.75 bits per heavy atom. The minimum atomic E-state index is 0.0757. The first-order chi connectivity index (χ1) is 5.81. The van der Waals surface area contributed by atoms with Crippen molar-refractivity contribution < 1.29 is 0 Å². The van der Waals surface area contributed by atoms with E-state index in [1.165, 1.54) is 32.0 Å². The highest BCUT2D eigenvalue weighted by Crippen LogP contribution is 2.25. The van der Waals surface area contributed by atoms with Crippen molar-refractivity contribution in [1.29, 1.82) is 0 Å². The van der Waals surface area contributed by atoms with Crippen LogP contribution in [0.2, 0.25) is 0 Å².